The molecule has 0 unspecified atom stereocenters. The Balaban J connectivity index is 1.62. The molecule has 3 rings (SSSR count). The van der Waals surface area contributed by atoms with E-state index in [1.54, 1.807) is 6.07 Å². The summed E-state index contributed by atoms with van der Waals surface area (Å²) in [5, 5.41) is 3.68. The first-order valence-corrected chi connectivity index (χ1v) is 7.34. The minimum atomic E-state index is -4.16. The van der Waals surface area contributed by atoms with Gasteiger partial charge in [0.15, 0.2) is 0 Å². The van der Waals surface area contributed by atoms with Crippen LogP contribution in [0.4, 0.5) is 23.4 Å². The smallest absolute Gasteiger partial charge is 0.369 e. The van der Waals surface area contributed by atoms with Crippen molar-refractivity contribution in [2.45, 2.75) is 12.6 Å². The first-order valence-electron chi connectivity index (χ1n) is 7.34. The maximum Gasteiger partial charge on any atom is 0.401 e. The second-order valence-corrected chi connectivity index (χ2v) is 5.77. The Hall–Kier alpha value is -1.96. The van der Waals surface area contributed by atoms with Gasteiger partial charge in [0.05, 0.1) is 12.1 Å². The number of fused-ring (bicyclic) bond motifs is 1. The van der Waals surface area contributed by atoms with Gasteiger partial charge in [-0.05, 0) is 37.1 Å². The summed E-state index contributed by atoms with van der Waals surface area (Å²) in [4.78, 5) is 9.58. The minimum absolute atomic E-state index is 0.107. The fourth-order valence-electron chi connectivity index (χ4n) is 2.89. The van der Waals surface area contributed by atoms with Crippen LogP contribution < -0.4 is 5.32 Å². The maximum absolute atomic E-state index is 13.4. The Labute approximate surface area is 130 Å². The van der Waals surface area contributed by atoms with E-state index in [1.807, 2.05) is 0 Å². The third-order valence-corrected chi connectivity index (χ3v) is 3.93. The van der Waals surface area contributed by atoms with E-state index in [4.69, 9.17) is 0 Å². The SMILES string of the molecule is Fc1ccc2ncnc(NC[C@@H]3CCN(CC(F)(F)F)C3)c2c1. The fourth-order valence-corrected chi connectivity index (χ4v) is 2.89. The molecule has 1 aliphatic rings. The van der Waals surface area contributed by atoms with Gasteiger partial charge in [-0.3, -0.25) is 4.90 Å². The lowest BCUT2D eigenvalue weighted by Gasteiger charge is -2.18. The summed E-state index contributed by atoms with van der Waals surface area (Å²) in [6, 6.07) is 4.24. The number of alkyl halides is 3. The number of anilines is 1. The molecule has 23 heavy (non-hydrogen) atoms. The second-order valence-electron chi connectivity index (χ2n) is 5.77. The van der Waals surface area contributed by atoms with Crippen LogP contribution in [0.5, 0.6) is 0 Å². The van der Waals surface area contributed by atoms with Gasteiger partial charge in [-0.2, -0.15) is 13.2 Å². The third-order valence-electron chi connectivity index (χ3n) is 3.93. The van der Waals surface area contributed by atoms with E-state index < -0.39 is 12.7 Å². The van der Waals surface area contributed by atoms with Crippen molar-refractivity contribution in [1.82, 2.24) is 14.9 Å². The molecule has 0 bridgehead atoms. The lowest BCUT2D eigenvalue weighted by atomic mass is 10.1. The van der Waals surface area contributed by atoms with Gasteiger partial charge in [0.25, 0.3) is 0 Å². The largest absolute Gasteiger partial charge is 0.401 e. The zero-order chi connectivity index (χ0) is 16.4. The van der Waals surface area contributed by atoms with Gasteiger partial charge >= 0.3 is 6.18 Å². The lowest BCUT2D eigenvalue weighted by molar-refractivity contribution is -0.143. The molecule has 1 aromatic heterocycles. The number of nitrogens with zero attached hydrogens (tertiary/aromatic N) is 3. The van der Waals surface area contributed by atoms with Gasteiger partial charge < -0.3 is 5.32 Å². The predicted octanol–water partition coefficient (Wildman–Crippen LogP) is 3.07. The average Bonchev–Trinajstić information content (AvgIpc) is 2.90. The molecule has 1 N–H and O–H groups in total. The van der Waals surface area contributed by atoms with Crippen LogP contribution in [-0.4, -0.2) is 47.2 Å². The van der Waals surface area contributed by atoms with Crippen molar-refractivity contribution in [3.8, 4) is 0 Å². The third kappa shape index (κ3) is 4.07. The number of aromatic nitrogens is 2. The summed E-state index contributed by atoms with van der Waals surface area (Å²) in [5.74, 6) is 0.229. The van der Waals surface area contributed by atoms with Crippen LogP contribution in [0.3, 0.4) is 0 Å². The van der Waals surface area contributed by atoms with Gasteiger partial charge in [-0.1, -0.05) is 0 Å². The highest BCUT2D eigenvalue weighted by Gasteiger charge is 2.34. The highest BCUT2D eigenvalue weighted by molar-refractivity contribution is 5.88. The van der Waals surface area contributed by atoms with E-state index in [0.717, 1.165) is 0 Å². The second kappa shape index (κ2) is 6.27. The Morgan fingerprint density at radius 1 is 1.26 bits per heavy atom. The normalized spacial score (nSPS) is 19.4. The number of hydrogen-bond donors (Lipinski definition) is 1. The van der Waals surface area contributed by atoms with Crippen molar-refractivity contribution in [3.63, 3.8) is 0 Å². The molecule has 1 aliphatic heterocycles. The molecular formula is C15H16F4N4. The molecule has 1 saturated heterocycles. The summed E-state index contributed by atoms with van der Waals surface area (Å²) in [6.45, 7) is 0.455. The van der Waals surface area contributed by atoms with Gasteiger partial charge in [-0.15, -0.1) is 0 Å². The first kappa shape index (κ1) is 15.9. The number of rotatable bonds is 4. The van der Waals surface area contributed by atoms with Crippen LogP contribution in [0, 0.1) is 11.7 Å². The predicted molar refractivity (Wildman–Crippen MR) is 78.6 cm³/mol. The maximum atomic E-state index is 13.4. The van der Waals surface area contributed by atoms with Crippen LogP contribution in [0.2, 0.25) is 0 Å². The molecule has 8 heteroatoms. The monoisotopic (exact) mass is 328 g/mol. The van der Waals surface area contributed by atoms with Crippen molar-refractivity contribution < 1.29 is 17.6 Å². The minimum Gasteiger partial charge on any atom is -0.369 e. The topological polar surface area (TPSA) is 41.1 Å². The van der Waals surface area contributed by atoms with Crippen molar-refractivity contribution >= 4 is 16.7 Å². The zero-order valence-electron chi connectivity index (χ0n) is 12.3. The van der Waals surface area contributed by atoms with E-state index in [1.165, 1.54) is 23.4 Å². The number of halogens is 4. The van der Waals surface area contributed by atoms with Gasteiger partial charge in [-0.25, -0.2) is 14.4 Å². The van der Waals surface area contributed by atoms with E-state index >= 15 is 0 Å². The molecule has 0 spiro atoms. The highest BCUT2D eigenvalue weighted by Crippen LogP contribution is 2.24. The van der Waals surface area contributed by atoms with E-state index in [-0.39, 0.29) is 11.7 Å². The van der Waals surface area contributed by atoms with Gasteiger partial charge in [0, 0.05) is 18.5 Å². The Bertz CT molecular complexity index is 689. The molecule has 0 amide bonds. The molecule has 124 valence electrons. The molecule has 0 aliphatic carbocycles. The molecule has 1 atom stereocenters. The van der Waals surface area contributed by atoms with E-state index in [2.05, 4.69) is 15.3 Å². The Morgan fingerprint density at radius 3 is 2.87 bits per heavy atom. The summed E-state index contributed by atoms with van der Waals surface area (Å²) in [5.41, 5.74) is 0.619. The van der Waals surface area contributed by atoms with Crippen molar-refractivity contribution in [1.29, 1.82) is 0 Å². The van der Waals surface area contributed by atoms with Crippen LogP contribution in [-0.2, 0) is 0 Å². The van der Waals surface area contributed by atoms with Crippen LogP contribution >= 0.6 is 0 Å². The van der Waals surface area contributed by atoms with Crippen molar-refractivity contribution in [3.05, 3.63) is 30.3 Å². The number of benzene rings is 1. The van der Waals surface area contributed by atoms with Crippen LogP contribution in [0.1, 0.15) is 6.42 Å². The standard InChI is InChI=1S/C15H16F4N4/c16-11-1-2-13-12(5-11)14(22-9-21-13)20-6-10-3-4-23(7-10)8-15(17,18)19/h1-2,5,9-10H,3-4,6-8H2,(H,20,21,22)/t10-/m0/s1. The summed E-state index contributed by atoms with van der Waals surface area (Å²) < 4.78 is 50.5. The Morgan fingerprint density at radius 2 is 2.09 bits per heavy atom. The van der Waals surface area contributed by atoms with Crippen LogP contribution in [0.25, 0.3) is 10.9 Å². The molecule has 2 heterocycles. The quantitative estimate of drug-likeness (QED) is 0.876. The Kier molecular flexibility index (Phi) is 4.34. The molecule has 0 saturated carbocycles. The average molecular weight is 328 g/mol. The number of likely N-dealkylation sites (tertiary alicyclic amines) is 1. The van der Waals surface area contributed by atoms with Gasteiger partial charge in [0.1, 0.15) is 18.0 Å². The molecule has 1 aromatic carbocycles. The summed E-state index contributed by atoms with van der Waals surface area (Å²) in [6.07, 6.45) is -2.09. The first-order chi connectivity index (χ1) is 10.9. The summed E-state index contributed by atoms with van der Waals surface area (Å²) in [7, 11) is 0. The zero-order valence-corrected chi connectivity index (χ0v) is 12.3. The molecule has 1 fully saturated rings. The highest BCUT2D eigenvalue weighted by atomic mass is 19.4. The summed E-state index contributed by atoms with van der Waals surface area (Å²) >= 11 is 0. The van der Waals surface area contributed by atoms with Crippen molar-refractivity contribution in [2.24, 2.45) is 5.92 Å². The molecule has 0 radical (unpaired) electrons. The number of hydrogen-bond acceptors (Lipinski definition) is 4. The van der Waals surface area contributed by atoms with E-state index in [0.29, 0.717) is 42.8 Å². The number of nitrogens with one attached hydrogen (secondary N) is 1. The molecule has 2 aromatic rings. The van der Waals surface area contributed by atoms with E-state index in [9.17, 15) is 17.6 Å². The fraction of sp³-hybridized carbons (Fsp3) is 0.467. The molecular weight excluding hydrogens is 312 g/mol. The van der Waals surface area contributed by atoms with Gasteiger partial charge in [0.2, 0.25) is 0 Å². The lowest BCUT2D eigenvalue weighted by Crippen LogP contribution is -2.33. The van der Waals surface area contributed by atoms with Crippen molar-refractivity contribution in [2.75, 3.05) is 31.5 Å². The van der Waals surface area contributed by atoms with Crippen LogP contribution in [0.15, 0.2) is 24.5 Å². The molecule has 4 nitrogen and oxygen atoms in total.